The van der Waals surface area contributed by atoms with Crippen LogP contribution in [0.4, 0.5) is 0 Å². The fourth-order valence-electron chi connectivity index (χ4n) is 2.82. The van der Waals surface area contributed by atoms with Gasteiger partial charge in [-0.3, -0.25) is 24.6 Å². The van der Waals surface area contributed by atoms with Crippen LogP contribution in [0.5, 0.6) is 0 Å². The fraction of sp³-hybridized carbons (Fsp3) is 0.786. The lowest BCUT2D eigenvalue weighted by Crippen LogP contribution is -2.46. The van der Waals surface area contributed by atoms with Crippen molar-refractivity contribution in [1.29, 1.82) is 0 Å². The van der Waals surface area contributed by atoms with Gasteiger partial charge in [-0.25, -0.2) is 0 Å². The third-order valence-electron chi connectivity index (χ3n) is 3.91. The van der Waals surface area contributed by atoms with Crippen LogP contribution in [0.15, 0.2) is 0 Å². The number of rotatable bonds is 4. The number of amides is 3. The number of carbonyl (C=O) groups is 3. The molecule has 6 heteroatoms. The van der Waals surface area contributed by atoms with E-state index in [0.29, 0.717) is 0 Å². The van der Waals surface area contributed by atoms with Crippen LogP contribution >= 0.6 is 0 Å². The number of hydrogen-bond acceptors (Lipinski definition) is 4. The van der Waals surface area contributed by atoms with E-state index in [1.54, 1.807) is 0 Å². The van der Waals surface area contributed by atoms with Gasteiger partial charge in [-0.05, 0) is 33.1 Å². The van der Waals surface area contributed by atoms with Crippen molar-refractivity contribution in [2.75, 3.05) is 19.6 Å². The lowest BCUT2D eigenvalue weighted by atomic mass is 10.1. The molecule has 0 bridgehead atoms. The zero-order chi connectivity index (χ0) is 14.7. The van der Waals surface area contributed by atoms with E-state index in [1.807, 2.05) is 18.7 Å². The molecule has 6 nitrogen and oxygen atoms in total. The van der Waals surface area contributed by atoms with Crippen LogP contribution in [0, 0.1) is 0 Å². The van der Waals surface area contributed by atoms with Gasteiger partial charge in [-0.15, -0.1) is 0 Å². The van der Waals surface area contributed by atoms with E-state index >= 15 is 0 Å². The van der Waals surface area contributed by atoms with Gasteiger partial charge in [0.25, 0.3) is 0 Å². The number of imide groups is 1. The van der Waals surface area contributed by atoms with Crippen LogP contribution in [0.25, 0.3) is 0 Å². The molecular formula is C14H23N3O3. The molecule has 0 aliphatic carbocycles. The first kappa shape index (κ1) is 15.0. The number of piperidine rings is 1. The van der Waals surface area contributed by atoms with Gasteiger partial charge in [0.2, 0.25) is 17.7 Å². The number of likely N-dealkylation sites (tertiary alicyclic amines) is 2. The Hall–Kier alpha value is -1.43. The quantitative estimate of drug-likeness (QED) is 0.743. The molecule has 0 saturated carbocycles. The lowest BCUT2D eigenvalue weighted by Gasteiger charge is -2.27. The van der Waals surface area contributed by atoms with Gasteiger partial charge in [0.05, 0.1) is 19.0 Å². The standard InChI is InChI=1S/C14H23N3O3/c1-10(2)17-12(18)8-11(14(17)20)15-9-13(19)16-6-4-3-5-7-16/h10-11,15H,3-9H2,1-2H3. The Morgan fingerprint density at radius 1 is 1.25 bits per heavy atom. The highest BCUT2D eigenvalue weighted by atomic mass is 16.2. The maximum Gasteiger partial charge on any atom is 0.247 e. The molecule has 112 valence electrons. The smallest absolute Gasteiger partial charge is 0.247 e. The number of hydrogen-bond donors (Lipinski definition) is 1. The molecule has 2 aliphatic heterocycles. The summed E-state index contributed by atoms with van der Waals surface area (Å²) in [6.07, 6.45) is 3.43. The summed E-state index contributed by atoms with van der Waals surface area (Å²) in [5.41, 5.74) is 0. The van der Waals surface area contributed by atoms with Crippen LogP contribution in [0.2, 0.25) is 0 Å². The predicted octanol–water partition coefficient (Wildman–Crippen LogP) is 0.124. The van der Waals surface area contributed by atoms with Gasteiger partial charge in [0, 0.05) is 19.1 Å². The summed E-state index contributed by atoms with van der Waals surface area (Å²) < 4.78 is 0. The Labute approximate surface area is 119 Å². The molecule has 20 heavy (non-hydrogen) atoms. The number of nitrogens with one attached hydrogen (secondary N) is 1. The Balaban J connectivity index is 1.83. The fourth-order valence-corrected chi connectivity index (χ4v) is 2.82. The van der Waals surface area contributed by atoms with Crippen molar-refractivity contribution >= 4 is 17.7 Å². The summed E-state index contributed by atoms with van der Waals surface area (Å²) in [7, 11) is 0. The molecule has 1 unspecified atom stereocenters. The molecule has 2 rings (SSSR count). The second kappa shape index (κ2) is 6.35. The van der Waals surface area contributed by atoms with Crippen molar-refractivity contribution < 1.29 is 14.4 Å². The molecular weight excluding hydrogens is 258 g/mol. The summed E-state index contributed by atoms with van der Waals surface area (Å²) >= 11 is 0. The van der Waals surface area contributed by atoms with Crippen molar-refractivity contribution in [2.45, 2.75) is 51.6 Å². The molecule has 0 spiro atoms. The monoisotopic (exact) mass is 281 g/mol. The summed E-state index contributed by atoms with van der Waals surface area (Å²) in [6, 6.07) is -0.668. The topological polar surface area (TPSA) is 69.7 Å². The molecule has 0 aromatic carbocycles. The van der Waals surface area contributed by atoms with Gasteiger partial charge in [-0.1, -0.05) is 0 Å². The first-order chi connectivity index (χ1) is 9.50. The molecule has 0 aromatic heterocycles. The second-order valence-corrected chi connectivity index (χ2v) is 5.77. The van der Waals surface area contributed by atoms with Crippen LogP contribution in [0.3, 0.4) is 0 Å². The SMILES string of the molecule is CC(C)N1C(=O)CC(NCC(=O)N2CCCCC2)C1=O. The zero-order valence-electron chi connectivity index (χ0n) is 12.2. The molecule has 2 aliphatic rings. The van der Waals surface area contributed by atoms with E-state index in [4.69, 9.17) is 0 Å². The van der Waals surface area contributed by atoms with Crippen molar-refractivity contribution in [3.63, 3.8) is 0 Å². The van der Waals surface area contributed by atoms with Crippen molar-refractivity contribution in [2.24, 2.45) is 0 Å². The summed E-state index contributed by atoms with van der Waals surface area (Å²) in [5, 5.41) is 2.94. The summed E-state index contributed by atoms with van der Waals surface area (Å²) in [5.74, 6) is -0.350. The number of nitrogens with zero attached hydrogens (tertiary/aromatic N) is 2. The molecule has 1 atom stereocenters. The van der Waals surface area contributed by atoms with Gasteiger partial charge in [-0.2, -0.15) is 0 Å². The molecule has 2 heterocycles. The van der Waals surface area contributed by atoms with E-state index in [2.05, 4.69) is 5.32 Å². The second-order valence-electron chi connectivity index (χ2n) is 5.77. The Morgan fingerprint density at radius 2 is 1.90 bits per heavy atom. The first-order valence-corrected chi connectivity index (χ1v) is 7.37. The Morgan fingerprint density at radius 3 is 2.45 bits per heavy atom. The minimum Gasteiger partial charge on any atom is -0.342 e. The minimum absolute atomic E-state index is 0.0212. The van der Waals surface area contributed by atoms with E-state index in [0.717, 1.165) is 25.9 Å². The Kier molecular flexibility index (Phi) is 4.75. The van der Waals surface area contributed by atoms with E-state index in [-0.39, 0.29) is 36.7 Å². The maximum atomic E-state index is 12.1. The van der Waals surface area contributed by atoms with Crippen LogP contribution in [0.1, 0.15) is 39.5 Å². The minimum atomic E-state index is -0.543. The lowest BCUT2D eigenvalue weighted by molar-refractivity contribution is -0.140. The molecule has 2 fully saturated rings. The third-order valence-corrected chi connectivity index (χ3v) is 3.91. The van der Waals surface area contributed by atoms with Gasteiger partial charge < -0.3 is 4.90 Å². The van der Waals surface area contributed by atoms with Crippen LogP contribution < -0.4 is 5.32 Å². The Bertz CT molecular complexity index is 402. The van der Waals surface area contributed by atoms with Crippen LogP contribution in [-0.2, 0) is 14.4 Å². The highest BCUT2D eigenvalue weighted by Crippen LogP contribution is 2.16. The average Bonchev–Trinajstić information content (AvgIpc) is 2.71. The molecule has 1 N–H and O–H groups in total. The number of carbonyl (C=O) groups excluding carboxylic acids is 3. The summed E-state index contributed by atoms with van der Waals surface area (Å²) in [4.78, 5) is 38.9. The molecule has 3 amide bonds. The van der Waals surface area contributed by atoms with Gasteiger partial charge in [0.15, 0.2) is 0 Å². The van der Waals surface area contributed by atoms with E-state index in [9.17, 15) is 14.4 Å². The summed E-state index contributed by atoms with van der Waals surface area (Å²) in [6.45, 7) is 5.37. The van der Waals surface area contributed by atoms with Crippen molar-refractivity contribution in [1.82, 2.24) is 15.1 Å². The molecule has 0 aromatic rings. The van der Waals surface area contributed by atoms with Gasteiger partial charge in [0.1, 0.15) is 0 Å². The van der Waals surface area contributed by atoms with Crippen molar-refractivity contribution in [3.05, 3.63) is 0 Å². The third kappa shape index (κ3) is 3.17. The van der Waals surface area contributed by atoms with E-state index in [1.165, 1.54) is 11.3 Å². The largest absolute Gasteiger partial charge is 0.342 e. The highest BCUT2D eigenvalue weighted by molar-refractivity contribution is 6.06. The van der Waals surface area contributed by atoms with Gasteiger partial charge >= 0.3 is 0 Å². The average molecular weight is 281 g/mol. The normalized spacial score (nSPS) is 23.9. The first-order valence-electron chi connectivity index (χ1n) is 7.37. The highest BCUT2D eigenvalue weighted by Gasteiger charge is 2.39. The van der Waals surface area contributed by atoms with Crippen LogP contribution in [-0.4, -0.2) is 59.2 Å². The maximum absolute atomic E-state index is 12.1. The molecule has 0 radical (unpaired) electrons. The van der Waals surface area contributed by atoms with E-state index < -0.39 is 6.04 Å². The zero-order valence-corrected chi connectivity index (χ0v) is 12.2. The predicted molar refractivity (Wildman–Crippen MR) is 73.8 cm³/mol. The molecule has 2 saturated heterocycles. The van der Waals surface area contributed by atoms with Crippen molar-refractivity contribution in [3.8, 4) is 0 Å².